The molecule has 0 saturated heterocycles. The number of rotatable bonds is 10. The molecule has 1 heterocycles. The normalized spacial score (nSPS) is 11.7. The minimum Gasteiger partial charge on any atom is -0.460 e. The smallest absolute Gasteiger partial charge is 0.314 e. The lowest BCUT2D eigenvalue weighted by molar-refractivity contribution is -0.144. The van der Waals surface area contributed by atoms with Gasteiger partial charge < -0.3 is 9.47 Å². The Morgan fingerprint density at radius 3 is 1.82 bits per heavy atom. The van der Waals surface area contributed by atoms with E-state index in [0.29, 0.717) is 16.9 Å². The van der Waals surface area contributed by atoms with E-state index in [1.165, 1.54) is 11.3 Å². The van der Waals surface area contributed by atoms with E-state index in [2.05, 4.69) is 0 Å². The van der Waals surface area contributed by atoms with E-state index in [9.17, 15) is 19.2 Å². The summed E-state index contributed by atoms with van der Waals surface area (Å²) in [7, 11) is 0. The second-order valence-electron chi connectivity index (χ2n) is 9.33. The molecular formula is C32H26O6S. The van der Waals surface area contributed by atoms with E-state index in [1.54, 1.807) is 6.07 Å². The van der Waals surface area contributed by atoms with E-state index in [0.717, 1.165) is 39.1 Å². The molecule has 0 spiro atoms. The Labute approximate surface area is 230 Å². The lowest BCUT2D eigenvalue weighted by atomic mass is 9.89. The summed E-state index contributed by atoms with van der Waals surface area (Å²) in [5, 5.41) is 0. The fourth-order valence-corrected chi connectivity index (χ4v) is 5.68. The van der Waals surface area contributed by atoms with Crippen molar-refractivity contribution in [2.75, 3.05) is 0 Å². The lowest BCUT2D eigenvalue weighted by Crippen LogP contribution is -2.12. The molecule has 39 heavy (non-hydrogen) atoms. The number of ketones is 2. The van der Waals surface area contributed by atoms with Crippen LogP contribution in [0, 0.1) is 0 Å². The van der Waals surface area contributed by atoms with E-state index in [4.69, 9.17) is 9.47 Å². The van der Waals surface area contributed by atoms with Gasteiger partial charge in [0.2, 0.25) is 0 Å². The molecule has 0 fully saturated rings. The third-order valence-corrected chi connectivity index (χ3v) is 7.77. The zero-order valence-corrected chi connectivity index (χ0v) is 22.0. The second kappa shape index (κ2) is 12.0. The van der Waals surface area contributed by atoms with Crippen LogP contribution in [0.1, 0.15) is 55.1 Å². The molecule has 4 aromatic rings. The maximum absolute atomic E-state index is 12.8. The highest BCUT2D eigenvalue weighted by molar-refractivity contribution is 7.17. The van der Waals surface area contributed by atoms with Gasteiger partial charge in [0, 0.05) is 10.4 Å². The molecule has 196 valence electrons. The number of Topliss-reactive ketones (excluding diaryl/α,β-unsaturated/α-hetero) is 2. The molecule has 6 nitrogen and oxygen atoms in total. The van der Waals surface area contributed by atoms with Gasteiger partial charge in [-0.15, -0.1) is 11.3 Å². The summed E-state index contributed by atoms with van der Waals surface area (Å²) in [6, 6.07) is 25.9. The zero-order chi connectivity index (χ0) is 27.2. The van der Waals surface area contributed by atoms with Crippen molar-refractivity contribution >= 4 is 34.8 Å². The van der Waals surface area contributed by atoms with Crippen LogP contribution in [0.2, 0.25) is 0 Å². The van der Waals surface area contributed by atoms with Gasteiger partial charge in [-0.25, -0.2) is 0 Å². The van der Waals surface area contributed by atoms with Crippen LogP contribution in [0.15, 0.2) is 84.9 Å². The minimum atomic E-state index is -0.562. The summed E-state index contributed by atoms with van der Waals surface area (Å²) in [6.45, 7) is 0.261. The summed E-state index contributed by atoms with van der Waals surface area (Å²) in [5.41, 5.74) is 5.20. The maximum atomic E-state index is 12.8. The van der Waals surface area contributed by atoms with E-state index < -0.39 is 11.9 Å². The minimum absolute atomic E-state index is 0.129. The number of carbonyl (C=O) groups is 4. The Hall–Kier alpha value is -4.36. The molecule has 0 amide bonds. The van der Waals surface area contributed by atoms with Crippen molar-refractivity contribution in [2.24, 2.45) is 0 Å². The van der Waals surface area contributed by atoms with Gasteiger partial charge in [0.05, 0.1) is 4.88 Å². The summed E-state index contributed by atoms with van der Waals surface area (Å²) >= 11 is 1.36. The number of benzene rings is 3. The summed E-state index contributed by atoms with van der Waals surface area (Å²) in [6.07, 6.45) is 0.800. The quantitative estimate of drug-likeness (QED) is 0.137. The number of thiophene rings is 1. The predicted octanol–water partition coefficient (Wildman–Crippen LogP) is 6.15. The fourth-order valence-electron chi connectivity index (χ4n) is 4.47. The highest BCUT2D eigenvalue weighted by Gasteiger charge is 2.24. The Morgan fingerprint density at radius 1 is 0.641 bits per heavy atom. The molecule has 3 aromatic carbocycles. The van der Waals surface area contributed by atoms with Gasteiger partial charge >= 0.3 is 11.9 Å². The average Bonchev–Trinajstić information content (AvgIpc) is 3.41. The first-order valence-electron chi connectivity index (χ1n) is 12.7. The fraction of sp³-hybridized carbons (Fsp3) is 0.188. The van der Waals surface area contributed by atoms with Crippen LogP contribution in [0.5, 0.6) is 0 Å². The van der Waals surface area contributed by atoms with Crippen LogP contribution in [-0.2, 0) is 45.1 Å². The Bertz CT molecular complexity index is 1520. The molecule has 5 rings (SSSR count). The third kappa shape index (κ3) is 6.56. The number of hydrogen-bond acceptors (Lipinski definition) is 7. The Morgan fingerprint density at radius 2 is 1.21 bits per heavy atom. The predicted molar refractivity (Wildman–Crippen MR) is 148 cm³/mol. The van der Waals surface area contributed by atoms with E-state index >= 15 is 0 Å². The molecule has 7 heteroatoms. The van der Waals surface area contributed by atoms with Crippen molar-refractivity contribution in [3.05, 3.63) is 118 Å². The van der Waals surface area contributed by atoms with Crippen molar-refractivity contribution in [3.8, 4) is 10.4 Å². The molecular weight excluding hydrogens is 512 g/mol. The van der Waals surface area contributed by atoms with Crippen molar-refractivity contribution in [2.45, 2.75) is 38.9 Å². The SMILES string of the molecule is O=C(CC(=O)c1ccc2c(c1)CCc1cc(C(=O)CC(=O)OCc3ccccc3)sc1-2)OCc1ccccc1. The monoisotopic (exact) mass is 538 g/mol. The highest BCUT2D eigenvalue weighted by Crippen LogP contribution is 2.40. The van der Waals surface area contributed by atoms with Crippen LogP contribution in [0.4, 0.5) is 0 Å². The van der Waals surface area contributed by atoms with Gasteiger partial charge in [-0.2, -0.15) is 0 Å². The maximum Gasteiger partial charge on any atom is 0.314 e. The van der Waals surface area contributed by atoms with Crippen molar-refractivity contribution in [1.29, 1.82) is 0 Å². The molecule has 0 saturated carbocycles. The molecule has 0 unspecified atom stereocenters. The second-order valence-corrected chi connectivity index (χ2v) is 10.4. The number of carbonyl (C=O) groups excluding carboxylic acids is 4. The molecule has 0 N–H and O–H groups in total. The van der Waals surface area contributed by atoms with Gasteiger partial charge in [-0.3, -0.25) is 19.2 Å². The first-order chi connectivity index (χ1) is 19.0. The number of ether oxygens (including phenoxy) is 2. The van der Waals surface area contributed by atoms with Gasteiger partial charge in [0.15, 0.2) is 11.6 Å². The molecule has 0 radical (unpaired) electrons. The van der Waals surface area contributed by atoms with Crippen LogP contribution >= 0.6 is 11.3 Å². The summed E-state index contributed by atoms with van der Waals surface area (Å²) < 4.78 is 10.5. The largest absolute Gasteiger partial charge is 0.460 e. The number of hydrogen-bond donors (Lipinski definition) is 0. The average molecular weight is 539 g/mol. The van der Waals surface area contributed by atoms with Gasteiger partial charge in [0.25, 0.3) is 0 Å². The first kappa shape index (κ1) is 26.3. The molecule has 0 bridgehead atoms. The van der Waals surface area contributed by atoms with Crippen LogP contribution in [0.25, 0.3) is 10.4 Å². The highest BCUT2D eigenvalue weighted by atomic mass is 32.1. The van der Waals surface area contributed by atoms with E-state index in [-0.39, 0.29) is 37.6 Å². The molecule has 0 aliphatic heterocycles. The van der Waals surface area contributed by atoms with E-state index in [1.807, 2.05) is 78.9 Å². The van der Waals surface area contributed by atoms with Crippen LogP contribution in [-0.4, -0.2) is 23.5 Å². The number of fused-ring (bicyclic) bond motifs is 3. The molecule has 1 aromatic heterocycles. The topological polar surface area (TPSA) is 86.7 Å². The third-order valence-electron chi connectivity index (χ3n) is 6.51. The molecule has 1 aliphatic rings. The van der Waals surface area contributed by atoms with Crippen LogP contribution < -0.4 is 0 Å². The van der Waals surface area contributed by atoms with Crippen LogP contribution in [0.3, 0.4) is 0 Å². The zero-order valence-electron chi connectivity index (χ0n) is 21.2. The first-order valence-corrected chi connectivity index (χ1v) is 13.5. The summed E-state index contributed by atoms with van der Waals surface area (Å²) in [4.78, 5) is 51.5. The number of aryl methyl sites for hydroxylation is 2. The standard InChI is InChI=1S/C32H26O6S/c33-27(17-30(35)37-19-21-7-3-1-4-8-21)24-13-14-26-23(15-24)11-12-25-16-29(39-32(25)26)28(34)18-31(36)38-20-22-9-5-2-6-10-22/h1-10,13-16H,11-12,17-20H2. The Balaban J connectivity index is 1.20. The van der Waals surface area contributed by atoms with Gasteiger partial charge in [-0.05, 0) is 52.8 Å². The lowest BCUT2D eigenvalue weighted by Gasteiger charge is -2.17. The Kier molecular flexibility index (Phi) is 8.08. The number of esters is 2. The van der Waals surface area contributed by atoms with Crippen molar-refractivity contribution in [1.82, 2.24) is 0 Å². The summed E-state index contributed by atoms with van der Waals surface area (Å²) in [5.74, 6) is -1.68. The van der Waals surface area contributed by atoms with Gasteiger partial charge in [-0.1, -0.05) is 72.8 Å². The van der Waals surface area contributed by atoms with Crippen molar-refractivity contribution in [3.63, 3.8) is 0 Å². The molecule has 0 atom stereocenters. The molecule has 1 aliphatic carbocycles. The van der Waals surface area contributed by atoms with Crippen molar-refractivity contribution < 1.29 is 28.7 Å². The van der Waals surface area contributed by atoms with Gasteiger partial charge in [0.1, 0.15) is 26.1 Å².